The molecule has 0 aromatic rings. The summed E-state index contributed by atoms with van der Waals surface area (Å²) in [6.07, 6.45) is 5.98. The first kappa shape index (κ1) is 20.7. The predicted octanol–water partition coefficient (Wildman–Crippen LogP) is 1.07. The lowest BCUT2D eigenvalue weighted by Crippen LogP contribution is -2.52. The van der Waals surface area contributed by atoms with Gasteiger partial charge in [-0.25, -0.2) is 4.99 Å². The van der Waals surface area contributed by atoms with Gasteiger partial charge in [-0.1, -0.05) is 6.58 Å². The maximum atomic E-state index is 12.1. The molecule has 1 amide bonds. The molecular weight excluding hydrogens is 356 g/mol. The second-order valence-corrected chi connectivity index (χ2v) is 7.99. The van der Waals surface area contributed by atoms with E-state index in [4.69, 9.17) is 10.6 Å². The number of hydrogen-bond acceptors (Lipinski definition) is 7. The van der Waals surface area contributed by atoms with Gasteiger partial charge in [-0.2, -0.15) is 0 Å². The van der Waals surface area contributed by atoms with E-state index in [1.807, 2.05) is 20.9 Å². The molecular formula is C20H32N6O2. The number of nitrogens with two attached hydrogens (primary N) is 1. The quantitative estimate of drug-likeness (QED) is 0.524. The van der Waals surface area contributed by atoms with Crippen molar-refractivity contribution in [2.45, 2.75) is 51.4 Å². The van der Waals surface area contributed by atoms with E-state index in [1.165, 1.54) is 0 Å². The highest BCUT2D eigenvalue weighted by Crippen LogP contribution is 2.33. The van der Waals surface area contributed by atoms with Gasteiger partial charge in [0.05, 0.1) is 18.4 Å². The number of carbonyl (C=O) groups is 1. The zero-order valence-corrected chi connectivity index (χ0v) is 17.1. The van der Waals surface area contributed by atoms with Gasteiger partial charge in [0.1, 0.15) is 12.5 Å². The number of amides is 1. The highest BCUT2D eigenvalue weighted by atomic mass is 16.5. The van der Waals surface area contributed by atoms with Gasteiger partial charge in [0.15, 0.2) is 0 Å². The topological polar surface area (TPSA) is 95.5 Å². The Morgan fingerprint density at radius 3 is 2.86 bits per heavy atom. The number of aliphatic imine (C=N–C) groups is 2. The van der Waals surface area contributed by atoms with Crippen molar-refractivity contribution in [2.24, 2.45) is 21.7 Å². The van der Waals surface area contributed by atoms with Gasteiger partial charge in [-0.3, -0.25) is 26.0 Å². The van der Waals surface area contributed by atoms with Crippen molar-refractivity contribution in [2.75, 3.05) is 26.7 Å². The van der Waals surface area contributed by atoms with Crippen LogP contribution in [0.5, 0.6) is 0 Å². The van der Waals surface area contributed by atoms with E-state index in [0.29, 0.717) is 13.0 Å². The molecule has 3 aliphatic rings. The van der Waals surface area contributed by atoms with Crippen LogP contribution in [0, 0.1) is 5.92 Å². The van der Waals surface area contributed by atoms with Crippen molar-refractivity contribution in [1.29, 1.82) is 0 Å². The molecule has 0 spiro atoms. The van der Waals surface area contributed by atoms with Crippen LogP contribution >= 0.6 is 0 Å². The maximum absolute atomic E-state index is 12.1. The summed E-state index contributed by atoms with van der Waals surface area (Å²) in [5.74, 6) is 7.03. The van der Waals surface area contributed by atoms with Gasteiger partial charge in [-0.05, 0) is 31.9 Å². The Labute approximate surface area is 167 Å². The SMILES string of the molecule is C=C(C1=NC=N[C@H](N2CCN(C)C(=O)C2)C1)[C@H]1CC(OC(C)C)=CC[C@H]1NN. The van der Waals surface area contributed by atoms with E-state index in [1.54, 1.807) is 11.2 Å². The minimum atomic E-state index is -0.0725. The molecule has 1 saturated heterocycles. The molecule has 0 unspecified atom stereocenters. The molecule has 3 atom stereocenters. The summed E-state index contributed by atoms with van der Waals surface area (Å²) < 4.78 is 5.92. The predicted molar refractivity (Wildman–Crippen MR) is 111 cm³/mol. The van der Waals surface area contributed by atoms with E-state index in [9.17, 15) is 4.79 Å². The maximum Gasteiger partial charge on any atom is 0.236 e. The van der Waals surface area contributed by atoms with Crippen LogP contribution in [0.3, 0.4) is 0 Å². The van der Waals surface area contributed by atoms with Crippen LogP contribution in [0.2, 0.25) is 0 Å². The number of piperazine rings is 1. The second-order valence-electron chi connectivity index (χ2n) is 7.99. The van der Waals surface area contributed by atoms with Crippen LogP contribution in [0.4, 0.5) is 0 Å². The first-order valence-electron chi connectivity index (χ1n) is 9.96. The third-order valence-corrected chi connectivity index (χ3v) is 5.66. The molecule has 3 rings (SSSR count). The zero-order chi connectivity index (χ0) is 20.3. The summed E-state index contributed by atoms with van der Waals surface area (Å²) in [5.41, 5.74) is 4.83. The van der Waals surface area contributed by atoms with Gasteiger partial charge in [0.2, 0.25) is 5.91 Å². The second kappa shape index (κ2) is 8.98. The number of ether oxygens (including phenoxy) is 1. The molecule has 3 N–H and O–H groups in total. The smallest absolute Gasteiger partial charge is 0.236 e. The molecule has 1 aliphatic carbocycles. The number of nitrogens with one attached hydrogen (secondary N) is 1. The molecule has 1 fully saturated rings. The van der Waals surface area contributed by atoms with Gasteiger partial charge in [-0.15, -0.1) is 0 Å². The Morgan fingerprint density at radius 2 is 2.18 bits per heavy atom. The summed E-state index contributed by atoms with van der Waals surface area (Å²) in [6, 6.07) is 0.0947. The highest BCUT2D eigenvalue weighted by Gasteiger charge is 2.34. The van der Waals surface area contributed by atoms with Gasteiger partial charge in [0, 0.05) is 50.7 Å². The lowest BCUT2D eigenvalue weighted by Gasteiger charge is -2.37. The molecule has 154 valence electrons. The van der Waals surface area contributed by atoms with Crippen LogP contribution in [-0.4, -0.2) is 72.8 Å². The minimum Gasteiger partial charge on any atom is -0.496 e. The lowest BCUT2D eigenvalue weighted by molar-refractivity contribution is -0.135. The molecule has 0 radical (unpaired) electrons. The van der Waals surface area contributed by atoms with E-state index >= 15 is 0 Å². The number of allylic oxidation sites excluding steroid dienone is 1. The van der Waals surface area contributed by atoms with Crippen molar-refractivity contribution < 1.29 is 9.53 Å². The van der Waals surface area contributed by atoms with Gasteiger partial charge < -0.3 is 9.64 Å². The Kier molecular flexibility index (Phi) is 6.64. The number of hydrazine groups is 1. The van der Waals surface area contributed by atoms with Crippen LogP contribution in [0.15, 0.2) is 34.0 Å². The summed E-state index contributed by atoms with van der Waals surface area (Å²) in [6.45, 7) is 10.3. The monoisotopic (exact) mass is 388 g/mol. The van der Waals surface area contributed by atoms with Crippen LogP contribution < -0.4 is 11.3 Å². The molecule has 0 bridgehead atoms. The van der Waals surface area contributed by atoms with Crippen molar-refractivity contribution in [3.05, 3.63) is 24.0 Å². The number of hydrogen-bond donors (Lipinski definition) is 2. The average molecular weight is 389 g/mol. The lowest BCUT2D eigenvalue weighted by atomic mass is 9.80. The average Bonchev–Trinajstić information content (AvgIpc) is 2.69. The fourth-order valence-corrected chi connectivity index (χ4v) is 3.96. The molecule has 2 heterocycles. The Bertz CT molecular complexity index is 699. The standard InChI is InChI=1S/C20H32N6O2/c1-13(2)28-15-5-6-17(24-21)16(9-15)14(3)18-10-19(23-12-22-18)26-8-7-25(4)20(27)11-26/h5,12-13,16-17,19,24H,3,6-11,21H2,1-2,4H3/t16-,17-,19-/m1/s1. The number of rotatable bonds is 6. The summed E-state index contributed by atoms with van der Waals surface area (Å²) >= 11 is 0. The third kappa shape index (κ3) is 4.68. The summed E-state index contributed by atoms with van der Waals surface area (Å²) in [4.78, 5) is 25.0. The summed E-state index contributed by atoms with van der Waals surface area (Å²) in [7, 11) is 1.84. The number of carbonyl (C=O) groups excluding carboxylic acids is 1. The van der Waals surface area contributed by atoms with E-state index < -0.39 is 0 Å². The van der Waals surface area contributed by atoms with E-state index in [2.05, 4.69) is 33.0 Å². The number of nitrogens with zero attached hydrogens (tertiary/aromatic N) is 4. The fraction of sp³-hybridized carbons (Fsp3) is 0.650. The molecule has 28 heavy (non-hydrogen) atoms. The van der Waals surface area contributed by atoms with Crippen LogP contribution in [0.1, 0.15) is 33.1 Å². The van der Waals surface area contributed by atoms with Crippen molar-refractivity contribution in [3.63, 3.8) is 0 Å². The third-order valence-electron chi connectivity index (χ3n) is 5.66. The number of likely N-dealkylation sites (N-methyl/N-ethyl adjacent to an activating group) is 1. The molecule has 2 aliphatic heterocycles. The molecule has 0 aromatic heterocycles. The normalized spacial score (nSPS) is 29.0. The first-order chi connectivity index (χ1) is 13.4. The largest absolute Gasteiger partial charge is 0.496 e. The fourth-order valence-electron chi connectivity index (χ4n) is 3.96. The Hall–Kier alpha value is -2.03. The highest BCUT2D eigenvalue weighted by molar-refractivity contribution is 6.05. The first-order valence-corrected chi connectivity index (χ1v) is 9.96. The Morgan fingerprint density at radius 1 is 1.39 bits per heavy atom. The minimum absolute atomic E-state index is 0.0725. The van der Waals surface area contributed by atoms with Crippen LogP contribution in [-0.2, 0) is 9.53 Å². The van der Waals surface area contributed by atoms with Crippen molar-refractivity contribution >= 4 is 18.0 Å². The molecule has 0 aromatic carbocycles. The molecule has 8 heteroatoms. The van der Waals surface area contributed by atoms with E-state index in [0.717, 1.165) is 43.0 Å². The Balaban J connectivity index is 1.67. The van der Waals surface area contributed by atoms with Crippen LogP contribution in [0.25, 0.3) is 0 Å². The summed E-state index contributed by atoms with van der Waals surface area (Å²) in [5, 5.41) is 0. The molecule has 8 nitrogen and oxygen atoms in total. The van der Waals surface area contributed by atoms with Gasteiger partial charge in [0.25, 0.3) is 0 Å². The van der Waals surface area contributed by atoms with E-state index in [-0.39, 0.29) is 30.1 Å². The zero-order valence-electron chi connectivity index (χ0n) is 17.1. The van der Waals surface area contributed by atoms with Gasteiger partial charge >= 0.3 is 0 Å². The molecule has 0 saturated carbocycles. The van der Waals surface area contributed by atoms with Crippen molar-refractivity contribution in [3.8, 4) is 0 Å². The van der Waals surface area contributed by atoms with Crippen molar-refractivity contribution in [1.82, 2.24) is 15.2 Å².